The van der Waals surface area contributed by atoms with E-state index in [0.717, 1.165) is 0 Å². The van der Waals surface area contributed by atoms with Crippen LogP contribution in [0.4, 0.5) is 10.1 Å². The maximum atomic E-state index is 13.5. The summed E-state index contributed by atoms with van der Waals surface area (Å²) in [6.07, 6.45) is 1.40. The summed E-state index contributed by atoms with van der Waals surface area (Å²) in [5.74, 6) is -0.745. The van der Waals surface area contributed by atoms with E-state index in [-0.39, 0.29) is 11.5 Å². The van der Waals surface area contributed by atoms with E-state index >= 15 is 0 Å². The van der Waals surface area contributed by atoms with Crippen molar-refractivity contribution in [1.82, 2.24) is 4.57 Å². The number of ether oxygens (including phenoxy) is 1. The number of carbonyl (C=O) groups excluding carboxylic acids is 2. The van der Waals surface area contributed by atoms with Gasteiger partial charge in [0.1, 0.15) is 11.6 Å². The Balaban J connectivity index is 2.00. The van der Waals surface area contributed by atoms with E-state index in [9.17, 15) is 14.0 Å². The second-order valence-electron chi connectivity index (χ2n) is 5.40. The van der Waals surface area contributed by atoms with Crippen LogP contribution in [0.1, 0.15) is 22.1 Å². The maximum Gasteiger partial charge on any atom is 0.257 e. The molecule has 0 spiro atoms. The topological polar surface area (TPSA) is 60.3 Å². The molecule has 3 aromatic rings. The molecule has 1 N–H and O–H groups in total. The standard InChI is InChI=1S/C18H14ClFN2O3/c1-10(23)22-9-14(13-5-3-11(20)7-16(13)22)18(24)21-12-4-6-17(25-2)15(19)8-12/h3-9H,1-2H3,(H,21,24). The Morgan fingerprint density at radius 3 is 2.60 bits per heavy atom. The van der Waals surface area contributed by atoms with Crippen LogP contribution in [0.25, 0.3) is 10.9 Å². The largest absolute Gasteiger partial charge is 0.495 e. The number of fused-ring (bicyclic) bond motifs is 1. The minimum absolute atomic E-state index is 0.261. The molecule has 0 bridgehead atoms. The normalized spacial score (nSPS) is 10.7. The van der Waals surface area contributed by atoms with Crippen molar-refractivity contribution in [2.45, 2.75) is 6.92 Å². The first-order valence-corrected chi connectivity index (χ1v) is 7.75. The van der Waals surface area contributed by atoms with E-state index in [2.05, 4.69) is 5.32 Å². The summed E-state index contributed by atoms with van der Waals surface area (Å²) in [5.41, 5.74) is 1.07. The van der Waals surface area contributed by atoms with Crippen molar-refractivity contribution in [1.29, 1.82) is 0 Å². The van der Waals surface area contributed by atoms with Gasteiger partial charge in [0.15, 0.2) is 0 Å². The molecule has 25 heavy (non-hydrogen) atoms. The fourth-order valence-electron chi connectivity index (χ4n) is 2.58. The fraction of sp³-hybridized carbons (Fsp3) is 0.111. The van der Waals surface area contributed by atoms with E-state index in [0.29, 0.717) is 27.4 Å². The molecule has 0 saturated carbocycles. The van der Waals surface area contributed by atoms with Crippen LogP contribution in [0.5, 0.6) is 5.75 Å². The van der Waals surface area contributed by atoms with Gasteiger partial charge in [0.2, 0.25) is 5.91 Å². The molecule has 0 saturated heterocycles. The highest BCUT2D eigenvalue weighted by Crippen LogP contribution is 2.28. The van der Waals surface area contributed by atoms with Crippen molar-refractivity contribution in [2.75, 3.05) is 12.4 Å². The van der Waals surface area contributed by atoms with Crippen LogP contribution in [0.15, 0.2) is 42.6 Å². The Labute approximate surface area is 148 Å². The van der Waals surface area contributed by atoms with Gasteiger partial charge in [0.25, 0.3) is 5.91 Å². The first kappa shape index (κ1) is 17.0. The predicted molar refractivity (Wildman–Crippen MR) is 94.2 cm³/mol. The zero-order valence-electron chi connectivity index (χ0n) is 13.5. The molecule has 2 aromatic carbocycles. The second kappa shape index (κ2) is 6.57. The van der Waals surface area contributed by atoms with Crippen molar-refractivity contribution in [3.05, 3.63) is 59.0 Å². The van der Waals surface area contributed by atoms with E-state index in [1.165, 1.54) is 43.0 Å². The Morgan fingerprint density at radius 1 is 1.20 bits per heavy atom. The number of halogens is 2. The first-order valence-electron chi connectivity index (χ1n) is 7.37. The Morgan fingerprint density at radius 2 is 1.96 bits per heavy atom. The molecule has 1 aromatic heterocycles. The third-order valence-electron chi connectivity index (χ3n) is 3.76. The molecule has 128 valence electrons. The Bertz CT molecular complexity index is 997. The number of nitrogens with zero attached hydrogens (tertiary/aromatic N) is 1. The summed E-state index contributed by atoms with van der Waals surface area (Å²) in [6, 6.07) is 8.77. The van der Waals surface area contributed by atoms with Crippen LogP contribution in [-0.2, 0) is 0 Å². The summed E-state index contributed by atoms with van der Waals surface area (Å²) in [6.45, 7) is 1.34. The van der Waals surface area contributed by atoms with Crippen LogP contribution in [0.2, 0.25) is 5.02 Å². The van der Waals surface area contributed by atoms with Gasteiger partial charge < -0.3 is 10.1 Å². The fourth-order valence-corrected chi connectivity index (χ4v) is 2.84. The van der Waals surface area contributed by atoms with Gasteiger partial charge in [-0.15, -0.1) is 0 Å². The van der Waals surface area contributed by atoms with Gasteiger partial charge in [0, 0.05) is 24.2 Å². The van der Waals surface area contributed by atoms with Gasteiger partial charge in [-0.25, -0.2) is 4.39 Å². The lowest BCUT2D eigenvalue weighted by atomic mass is 10.1. The lowest BCUT2D eigenvalue weighted by Crippen LogP contribution is -2.12. The van der Waals surface area contributed by atoms with Crippen molar-refractivity contribution < 1.29 is 18.7 Å². The van der Waals surface area contributed by atoms with Gasteiger partial charge in [-0.05, 0) is 36.4 Å². The second-order valence-corrected chi connectivity index (χ2v) is 5.80. The molecule has 5 nitrogen and oxygen atoms in total. The van der Waals surface area contributed by atoms with Crippen LogP contribution in [0.3, 0.4) is 0 Å². The molecule has 0 fully saturated rings. The molecule has 3 rings (SSSR count). The minimum Gasteiger partial charge on any atom is -0.495 e. The molecule has 0 aliphatic heterocycles. The monoisotopic (exact) mass is 360 g/mol. The number of methoxy groups -OCH3 is 1. The lowest BCUT2D eigenvalue weighted by Gasteiger charge is -2.07. The number of aromatic nitrogens is 1. The number of hydrogen-bond acceptors (Lipinski definition) is 3. The average Bonchev–Trinajstić information content (AvgIpc) is 2.94. The lowest BCUT2D eigenvalue weighted by molar-refractivity contribution is 0.0941. The van der Waals surface area contributed by atoms with Gasteiger partial charge in [-0.3, -0.25) is 14.2 Å². The summed E-state index contributed by atoms with van der Waals surface area (Å²) in [4.78, 5) is 24.4. The van der Waals surface area contributed by atoms with Gasteiger partial charge in [-0.2, -0.15) is 0 Å². The first-order chi connectivity index (χ1) is 11.9. The number of anilines is 1. The predicted octanol–water partition coefficient (Wildman–Crippen LogP) is 4.35. The molecule has 0 unspecified atom stereocenters. The van der Waals surface area contributed by atoms with Gasteiger partial charge in [0.05, 0.1) is 23.2 Å². The number of amides is 1. The number of rotatable bonds is 3. The van der Waals surface area contributed by atoms with Gasteiger partial charge in [-0.1, -0.05) is 11.6 Å². The minimum atomic E-state index is -0.484. The number of benzene rings is 2. The molecule has 0 atom stereocenters. The molecular weight excluding hydrogens is 347 g/mol. The number of carbonyl (C=O) groups is 2. The molecule has 1 amide bonds. The number of hydrogen-bond donors (Lipinski definition) is 1. The van der Waals surface area contributed by atoms with E-state index < -0.39 is 11.7 Å². The quantitative estimate of drug-likeness (QED) is 0.755. The molecule has 0 radical (unpaired) electrons. The SMILES string of the molecule is COc1ccc(NC(=O)c2cn(C(C)=O)c3cc(F)ccc23)cc1Cl. The van der Waals surface area contributed by atoms with E-state index in [4.69, 9.17) is 16.3 Å². The highest BCUT2D eigenvalue weighted by Gasteiger charge is 2.18. The van der Waals surface area contributed by atoms with Crippen LogP contribution >= 0.6 is 11.6 Å². The molecular formula is C18H14ClFN2O3. The van der Waals surface area contributed by atoms with Crippen molar-refractivity contribution in [3.8, 4) is 5.75 Å². The zero-order chi connectivity index (χ0) is 18.1. The smallest absolute Gasteiger partial charge is 0.257 e. The van der Waals surface area contributed by atoms with Crippen LogP contribution in [-0.4, -0.2) is 23.5 Å². The highest BCUT2D eigenvalue weighted by molar-refractivity contribution is 6.32. The summed E-state index contributed by atoms with van der Waals surface area (Å²) in [5, 5.41) is 3.55. The highest BCUT2D eigenvalue weighted by atomic mass is 35.5. The van der Waals surface area contributed by atoms with E-state index in [1.54, 1.807) is 18.2 Å². The third kappa shape index (κ3) is 3.21. The van der Waals surface area contributed by atoms with Gasteiger partial charge >= 0.3 is 0 Å². The zero-order valence-corrected chi connectivity index (χ0v) is 14.2. The molecule has 1 heterocycles. The summed E-state index contributed by atoms with van der Waals surface area (Å²) in [7, 11) is 1.50. The maximum absolute atomic E-state index is 13.5. The molecule has 0 aliphatic rings. The van der Waals surface area contributed by atoms with Crippen molar-refractivity contribution >= 4 is 40.0 Å². The van der Waals surface area contributed by atoms with E-state index in [1.807, 2.05) is 0 Å². The Hall–Kier alpha value is -2.86. The molecule has 0 aliphatic carbocycles. The number of nitrogens with one attached hydrogen (secondary N) is 1. The van der Waals surface area contributed by atoms with Crippen molar-refractivity contribution in [3.63, 3.8) is 0 Å². The van der Waals surface area contributed by atoms with Crippen molar-refractivity contribution in [2.24, 2.45) is 0 Å². The summed E-state index contributed by atoms with van der Waals surface area (Å²) < 4.78 is 19.8. The Kier molecular flexibility index (Phi) is 4.46. The molecule has 7 heteroatoms. The average molecular weight is 361 g/mol. The summed E-state index contributed by atoms with van der Waals surface area (Å²) >= 11 is 6.05. The van der Waals surface area contributed by atoms with Crippen LogP contribution < -0.4 is 10.1 Å². The van der Waals surface area contributed by atoms with Crippen LogP contribution in [0, 0.1) is 5.82 Å². The third-order valence-corrected chi connectivity index (χ3v) is 4.06.